The van der Waals surface area contributed by atoms with Crippen molar-refractivity contribution in [1.29, 1.82) is 0 Å². The first-order chi connectivity index (χ1) is 13.3. The molecule has 0 saturated heterocycles. The van der Waals surface area contributed by atoms with Gasteiger partial charge in [-0.3, -0.25) is 14.9 Å². The zero-order valence-electron chi connectivity index (χ0n) is 14.5. The van der Waals surface area contributed by atoms with Crippen molar-refractivity contribution >= 4 is 28.9 Å². The summed E-state index contributed by atoms with van der Waals surface area (Å²) >= 11 is 0. The van der Waals surface area contributed by atoms with Gasteiger partial charge in [-0.15, -0.1) is 0 Å². The SMILES string of the molecule is CNc1ccc([N+](=O)[O-])cc1C(=O)OCC(=O)Nc1ccc(OC(F)F)cc1. The number of carbonyl (C=O) groups excluding carboxylic acids is 2. The first-order valence-corrected chi connectivity index (χ1v) is 7.78. The van der Waals surface area contributed by atoms with Gasteiger partial charge >= 0.3 is 12.6 Å². The van der Waals surface area contributed by atoms with E-state index in [2.05, 4.69) is 15.4 Å². The van der Waals surface area contributed by atoms with Gasteiger partial charge in [-0.2, -0.15) is 8.78 Å². The smallest absolute Gasteiger partial charge is 0.387 e. The fourth-order valence-electron chi connectivity index (χ4n) is 2.16. The Kier molecular flexibility index (Phi) is 6.79. The van der Waals surface area contributed by atoms with E-state index in [1.54, 1.807) is 0 Å². The van der Waals surface area contributed by atoms with Crippen LogP contribution in [0.25, 0.3) is 0 Å². The predicted octanol–water partition coefficient (Wildman–Crippen LogP) is 3.03. The highest BCUT2D eigenvalue weighted by molar-refractivity contribution is 5.99. The number of non-ortho nitro benzene ring substituents is 1. The molecule has 0 radical (unpaired) electrons. The summed E-state index contributed by atoms with van der Waals surface area (Å²) in [5.74, 6) is -1.69. The van der Waals surface area contributed by atoms with Crippen molar-refractivity contribution in [2.45, 2.75) is 6.61 Å². The number of benzene rings is 2. The summed E-state index contributed by atoms with van der Waals surface area (Å²) in [6, 6.07) is 8.72. The Balaban J connectivity index is 1.96. The van der Waals surface area contributed by atoms with E-state index in [1.165, 1.54) is 43.4 Å². The monoisotopic (exact) mass is 395 g/mol. The Hall–Kier alpha value is -3.76. The molecule has 2 aromatic carbocycles. The number of nitro groups is 1. The maximum Gasteiger partial charge on any atom is 0.387 e. The highest BCUT2D eigenvalue weighted by Gasteiger charge is 2.18. The molecule has 148 valence electrons. The Bertz CT molecular complexity index is 874. The van der Waals surface area contributed by atoms with Crippen molar-refractivity contribution in [3.05, 3.63) is 58.1 Å². The zero-order valence-corrected chi connectivity index (χ0v) is 14.5. The summed E-state index contributed by atoms with van der Waals surface area (Å²) in [7, 11) is 1.52. The minimum atomic E-state index is -2.96. The van der Waals surface area contributed by atoms with Crippen molar-refractivity contribution < 1.29 is 32.8 Å². The van der Waals surface area contributed by atoms with E-state index in [9.17, 15) is 28.5 Å². The summed E-state index contributed by atoms with van der Waals surface area (Å²) in [4.78, 5) is 34.2. The number of esters is 1. The highest BCUT2D eigenvalue weighted by Crippen LogP contribution is 2.23. The van der Waals surface area contributed by atoms with Crippen molar-refractivity contribution in [2.75, 3.05) is 24.3 Å². The lowest BCUT2D eigenvalue weighted by atomic mass is 10.1. The van der Waals surface area contributed by atoms with E-state index in [1.807, 2.05) is 0 Å². The molecule has 0 aliphatic heterocycles. The Morgan fingerprint density at radius 3 is 2.43 bits per heavy atom. The summed E-state index contributed by atoms with van der Waals surface area (Å²) < 4.78 is 33.2. The highest BCUT2D eigenvalue weighted by atomic mass is 19.3. The maximum absolute atomic E-state index is 12.2. The number of carbonyl (C=O) groups is 2. The normalized spacial score (nSPS) is 10.3. The molecule has 0 aliphatic carbocycles. The van der Waals surface area contributed by atoms with Gasteiger partial charge in [-0.25, -0.2) is 4.79 Å². The third-order valence-corrected chi connectivity index (χ3v) is 3.40. The van der Waals surface area contributed by atoms with Crippen LogP contribution >= 0.6 is 0 Å². The van der Waals surface area contributed by atoms with Gasteiger partial charge in [-0.1, -0.05) is 0 Å². The molecule has 9 nitrogen and oxygen atoms in total. The second-order valence-electron chi connectivity index (χ2n) is 5.26. The van der Waals surface area contributed by atoms with Crippen LogP contribution < -0.4 is 15.4 Å². The van der Waals surface area contributed by atoms with Gasteiger partial charge < -0.3 is 20.1 Å². The first-order valence-electron chi connectivity index (χ1n) is 7.78. The number of halogens is 2. The third kappa shape index (κ3) is 5.62. The average Bonchev–Trinajstić information content (AvgIpc) is 2.66. The number of nitro benzene ring substituents is 1. The number of hydrogen-bond acceptors (Lipinski definition) is 7. The number of rotatable bonds is 8. The van der Waals surface area contributed by atoms with Gasteiger partial charge in [0.2, 0.25) is 0 Å². The van der Waals surface area contributed by atoms with E-state index in [4.69, 9.17) is 4.74 Å². The van der Waals surface area contributed by atoms with Crippen molar-refractivity contribution in [1.82, 2.24) is 0 Å². The van der Waals surface area contributed by atoms with Crippen molar-refractivity contribution in [3.8, 4) is 5.75 Å². The summed E-state index contributed by atoms with van der Waals surface area (Å²) in [5, 5.41) is 16.0. The largest absolute Gasteiger partial charge is 0.452 e. The molecule has 28 heavy (non-hydrogen) atoms. The number of anilines is 2. The first kappa shape index (κ1) is 20.6. The molecule has 2 N–H and O–H groups in total. The summed E-state index contributed by atoms with van der Waals surface area (Å²) in [5.41, 5.74) is 0.166. The third-order valence-electron chi connectivity index (χ3n) is 3.40. The van der Waals surface area contributed by atoms with E-state index in [0.717, 1.165) is 6.07 Å². The second-order valence-corrected chi connectivity index (χ2v) is 5.26. The van der Waals surface area contributed by atoms with Gasteiger partial charge in [0.25, 0.3) is 11.6 Å². The van der Waals surface area contributed by atoms with E-state index < -0.39 is 30.0 Å². The van der Waals surface area contributed by atoms with Crippen molar-refractivity contribution in [2.24, 2.45) is 0 Å². The molecule has 0 atom stereocenters. The molecular formula is C17H15F2N3O6. The molecule has 2 aromatic rings. The van der Waals surface area contributed by atoms with Gasteiger partial charge in [-0.05, 0) is 30.3 Å². The fourth-order valence-corrected chi connectivity index (χ4v) is 2.16. The van der Waals surface area contributed by atoms with Crippen LogP contribution in [0.2, 0.25) is 0 Å². The fraction of sp³-hybridized carbons (Fsp3) is 0.176. The maximum atomic E-state index is 12.2. The number of nitrogens with one attached hydrogen (secondary N) is 2. The number of alkyl halides is 2. The van der Waals surface area contributed by atoms with Crippen LogP contribution in [0.15, 0.2) is 42.5 Å². The zero-order chi connectivity index (χ0) is 20.7. The molecule has 0 bridgehead atoms. The van der Waals surface area contributed by atoms with Crippen LogP contribution in [-0.2, 0) is 9.53 Å². The quantitative estimate of drug-likeness (QED) is 0.400. The molecule has 2 rings (SSSR count). The Morgan fingerprint density at radius 2 is 1.86 bits per heavy atom. The standard InChI is InChI=1S/C17H15F2N3O6/c1-20-14-7-4-11(22(25)26)8-13(14)16(24)27-9-15(23)21-10-2-5-12(6-3-10)28-17(18)19/h2-8,17,20H,9H2,1H3,(H,21,23). The summed E-state index contributed by atoms with van der Waals surface area (Å²) in [6.45, 7) is -3.61. The molecule has 0 spiro atoms. The van der Waals surface area contributed by atoms with Crippen LogP contribution in [-0.4, -0.2) is 37.1 Å². The summed E-state index contributed by atoms with van der Waals surface area (Å²) in [6.07, 6.45) is 0. The van der Waals surface area contributed by atoms with Crippen LogP contribution in [0.3, 0.4) is 0 Å². The molecule has 11 heteroatoms. The molecule has 0 saturated carbocycles. The predicted molar refractivity (Wildman–Crippen MR) is 94.6 cm³/mol. The molecule has 0 fully saturated rings. The minimum Gasteiger partial charge on any atom is -0.452 e. The number of amides is 1. The minimum absolute atomic E-state index is 0.0790. The lowest BCUT2D eigenvalue weighted by molar-refractivity contribution is -0.384. The van der Waals surface area contributed by atoms with E-state index in [-0.39, 0.29) is 22.7 Å². The van der Waals surface area contributed by atoms with Gasteiger partial charge in [0.05, 0.1) is 10.5 Å². The molecule has 0 heterocycles. The topological polar surface area (TPSA) is 120 Å². The van der Waals surface area contributed by atoms with Crippen LogP contribution in [0.5, 0.6) is 5.75 Å². The molecule has 0 unspecified atom stereocenters. The molecule has 0 aromatic heterocycles. The number of ether oxygens (including phenoxy) is 2. The van der Waals surface area contributed by atoms with Crippen LogP contribution in [0.1, 0.15) is 10.4 Å². The lowest BCUT2D eigenvalue weighted by Gasteiger charge is -2.10. The Labute approximate surface area is 157 Å². The molecule has 0 aliphatic rings. The average molecular weight is 395 g/mol. The molecule has 1 amide bonds. The molecular weight excluding hydrogens is 380 g/mol. The second kappa shape index (κ2) is 9.26. The van der Waals surface area contributed by atoms with Gasteiger partial charge in [0.1, 0.15) is 5.75 Å². The van der Waals surface area contributed by atoms with Crippen LogP contribution in [0.4, 0.5) is 25.8 Å². The number of nitrogens with zero attached hydrogens (tertiary/aromatic N) is 1. The van der Waals surface area contributed by atoms with Crippen molar-refractivity contribution in [3.63, 3.8) is 0 Å². The van der Waals surface area contributed by atoms with Gasteiger partial charge in [0.15, 0.2) is 6.61 Å². The Morgan fingerprint density at radius 1 is 1.18 bits per heavy atom. The van der Waals surface area contributed by atoms with Crippen LogP contribution in [0, 0.1) is 10.1 Å². The van der Waals surface area contributed by atoms with E-state index >= 15 is 0 Å². The number of hydrogen-bond donors (Lipinski definition) is 2. The lowest BCUT2D eigenvalue weighted by Crippen LogP contribution is -2.21. The van der Waals surface area contributed by atoms with E-state index in [0.29, 0.717) is 5.69 Å². The van der Waals surface area contributed by atoms with Gasteiger partial charge in [0, 0.05) is 30.6 Å².